The van der Waals surface area contributed by atoms with E-state index in [1.54, 1.807) is 29.2 Å². The summed E-state index contributed by atoms with van der Waals surface area (Å²) in [6.07, 6.45) is 0.653. The van der Waals surface area contributed by atoms with E-state index in [2.05, 4.69) is 0 Å². The van der Waals surface area contributed by atoms with Gasteiger partial charge in [-0.1, -0.05) is 43.6 Å². The first-order valence-corrected chi connectivity index (χ1v) is 9.80. The first-order chi connectivity index (χ1) is 10.8. The summed E-state index contributed by atoms with van der Waals surface area (Å²) < 4.78 is 26.7. The Labute approximate surface area is 143 Å². The highest BCUT2D eigenvalue weighted by Gasteiger charge is 2.28. The summed E-state index contributed by atoms with van der Waals surface area (Å²) in [5, 5.41) is 0.461. The summed E-state index contributed by atoms with van der Waals surface area (Å²) in [6.45, 7) is 5.55. The molecule has 1 heterocycles. The number of hydrogen-bond acceptors (Lipinski definition) is 3. The molecule has 1 aliphatic rings. The number of sulfonamides is 1. The zero-order valence-electron chi connectivity index (χ0n) is 13.5. The Morgan fingerprint density at radius 3 is 2.52 bits per heavy atom. The molecule has 1 aromatic rings. The van der Waals surface area contributed by atoms with Crippen LogP contribution in [0.25, 0.3) is 0 Å². The minimum absolute atomic E-state index is 0.0683. The molecule has 1 aliphatic heterocycles. The molecular formula is C16H23ClN2O3S. The van der Waals surface area contributed by atoms with Crippen LogP contribution in [0, 0.1) is 5.92 Å². The van der Waals surface area contributed by atoms with E-state index in [4.69, 9.17) is 11.6 Å². The van der Waals surface area contributed by atoms with Gasteiger partial charge in [-0.2, -0.15) is 4.31 Å². The minimum Gasteiger partial charge on any atom is -0.341 e. The van der Waals surface area contributed by atoms with E-state index >= 15 is 0 Å². The van der Waals surface area contributed by atoms with Gasteiger partial charge in [0, 0.05) is 37.1 Å². The minimum atomic E-state index is -3.44. The predicted molar refractivity (Wildman–Crippen MR) is 91.7 cm³/mol. The maximum absolute atomic E-state index is 12.6. The van der Waals surface area contributed by atoms with Crippen molar-refractivity contribution in [3.8, 4) is 0 Å². The molecule has 1 fully saturated rings. The fourth-order valence-electron chi connectivity index (χ4n) is 2.66. The standard InChI is InChI=1S/C16H23ClN2O3S/c1-13(2)16(20)18-8-5-9-19(11-10-18)23(21,22)12-14-6-3-4-7-15(14)17/h3-4,6-7,13H,5,8-12H2,1-2H3. The van der Waals surface area contributed by atoms with Gasteiger partial charge in [-0.3, -0.25) is 4.79 Å². The van der Waals surface area contributed by atoms with Crippen LogP contribution in [0.15, 0.2) is 24.3 Å². The molecule has 1 aromatic carbocycles. The van der Waals surface area contributed by atoms with E-state index < -0.39 is 10.0 Å². The molecule has 0 radical (unpaired) electrons. The summed E-state index contributed by atoms with van der Waals surface area (Å²) in [6, 6.07) is 6.98. The average Bonchev–Trinajstić information content (AvgIpc) is 2.75. The van der Waals surface area contributed by atoms with Gasteiger partial charge in [-0.05, 0) is 18.1 Å². The second kappa shape index (κ2) is 7.64. The molecule has 2 rings (SSSR count). The quantitative estimate of drug-likeness (QED) is 0.830. The van der Waals surface area contributed by atoms with Crippen LogP contribution >= 0.6 is 11.6 Å². The van der Waals surface area contributed by atoms with Gasteiger partial charge in [0.05, 0.1) is 5.75 Å². The number of benzene rings is 1. The van der Waals surface area contributed by atoms with Gasteiger partial charge in [0.15, 0.2) is 0 Å². The lowest BCUT2D eigenvalue weighted by Gasteiger charge is -2.23. The molecule has 0 spiro atoms. The van der Waals surface area contributed by atoms with Crippen molar-refractivity contribution in [2.45, 2.75) is 26.0 Å². The lowest BCUT2D eigenvalue weighted by Crippen LogP contribution is -2.39. The molecule has 0 saturated carbocycles. The van der Waals surface area contributed by atoms with Gasteiger partial charge in [-0.15, -0.1) is 0 Å². The molecule has 0 aromatic heterocycles. The Bertz CT molecular complexity index is 661. The summed E-state index contributed by atoms with van der Waals surface area (Å²) in [4.78, 5) is 13.8. The first kappa shape index (κ1) is 18.2. The molecule has 23 heavy (non-hydrogen) atoms. The van der Waals surface area contributed by atoms with Crippen LogP contribution in [-0.2, 0) is 20.6 Å². The molecular weight excluding hydrogens is 336 g/mol. The van der Waals surface area contributed by atoms with Crippen molar-refractivity contribution in [3.63, 3.8) is 0 Å². The molecule has 7 heteroatoms. The summed E-state index contributed by atoms with van der Waals surface area (Å²) in [5.41, 5.74) is 0.605. The van der Waals surface area contributed by atoms with Crippen molar-refractivity contribution >= 4 is 27.5 Å². The van der Waals surface area contributed by atoms with Gasteiger partial charge in [0.25, 0.3) is 0 Å². The lowest BCUT2D eigenvalue weighted by molar-refractivity contribution is -0.134. The van der Waals surface area contributed by atoms with Crippen LogP contribution in [0.3, 0.4) is 0 Å². The van der Waals surface area contributed by atoms with Crippen LogP contribution in [0.5, 0.6) is 0 Å². The molecule has 0 bridgehead atoms. The van der Waals surface area contributed by atoms with Crippen LogP contribution in [0.4, 0.5) is 0 Å². The van der Waals surface area contributed by atoms with E-state index in [9.17, 15) is 13.2 Å². The molecule has 0 unspecified atom stereocenters. The van der Waals surface area contributed by atoms with E-state index in [1.165, 1.54) is 4.31 Å². The third-order valence-corrected chi connectivity index (χ3v) is 6.15. The fourth-order valence-corrected chi connectivity index (χ4v) is 4.54. The second-order valence-electron chi connectivity index (χ2n) is 6.08. The Hall–Kier alpha value is -1.11. The van der Waals surface area contributed by atoms with Crippen LogP contribution in [-0.4, -0.2) is 49.7 Å². The summed E-state index contributed by atoms with van der Waals surface area (Å²) in [5.74, 6) is -0.0956. The van der Waals surface area contributed by atoms with Crippen LogP contribution in [0.1, 0.15) is 25.8 Å². The third-order valence-electron chi connectivity index (χ3n) is 3.95. The van der Waals surface area contributed by atoms with Crippen LogP contribution < -0.4 is 0 Å². The molecule has 5 nitrogen and oxygen atoms in total. The fraction of sp³-hybridized carbons (Fsp3) is 0.562. The number of nitrogens with zero attached hydrogens (tertiary/aromatic N) is 2. The highest BCUT2D eigenvalue weighted by atomic mass is 35.5. The predicted octanol–water partition coefficient (Wildman–Crippen LogP) is 2.36. The van der Waals surface area contributed by atoms with E-state index in [-0.39, 0.29) is 17.6 Å². The van der Waals surface area contributed by atoms with E-state index in [0.29, 0.717) is 43.2 Å². The Kier molecular flexibility index (Phi) is 6.06. The van der Waals surface area contributed by atoms with Crippen molar-refractivity contribution in [2.24, 2.45) is 5.92 Å². The van der Waals surface area contributed by atoms with Crippen molar-refractivity contribution < 1.29 is 13.2 Å². The van der Waals surface area contributed by atoms with Crippen molar-refractivity contribution in [3.05, 3.63) is 34.9 Å². The van der Waals surface area contributed by atoms with Crippen molar-refractivity contribution in [1.29, 1.82) is 0 Å². The number of amides is 1. The van der Waals surface area contributed by atoms with Gasteiger partial charge in [0.2, 0.25) is 15.9 Å². The number of carbonyl (C=O) groups excluding carboxylic acids is 1. The molecule has 0 atom stereocenters. The highest BCUT2D eigenvalue weighted by Crippen LogP contribution is 2.20. The Morgan fingerprint density at radius 2 is 1.87 bits per heavy atom. The van der Waals surface area contributed by atoms with Crippen molar-refractivity contribution in [2.75, 3.05) is 26.2 Å². The third kappa shape index (κ3) is 4.68. The SMILES string of the molecule is CC(C)C(=O)N1CCCN(S(=O)(=O)Cc2ccccc2Cl)CC1. The van der Waals surface area contributed by atoms with Gasteiger partial charge in [0.1, 0.15) is 0 Å². The number of hydrogen-bond donors (Lipinski definition) is 0. The van der Waals surface area contributed by atoms with Gasteiger partial charge in [-0.25, -0.2) is 8.42 Å². The topological polar surface area (TPSA) is 57.7 Å². The zero-order chi connectivity index (χ0) is 17.0. The highest BCUT2D eigenvalue weighted by molar-refractivity contribution is 7.88. The van der Waals surface area contributed by atoms with Gasteiger partial charge >= 0.3 is 0 Å². The smallest absolute Gasteiger partial charge is 0.225 e. The number of rotatable bonds is 4. The molecule has 128 valence electrons. The molecule has 1 amide bonds. The second-order valence-corrected chi connectivity index (χ2v) is 8.46. The number of carbonyl (C=O) groups is 1. The molecule has 0 aliphatic carbocycles. The summed E-state index contributed by atoms with van der Waals surface area (Å²) >= 11 is 6.07. The molecule has 0 N–H and O–H groups in total. The monoisotopic (exact) mass is 358 g/mol. The van der Waals surface area contributed by atoms with Crippen LogP contribution in [0.2, 0.25) is 5.02 Å². The van der Waals surface area contributed by atoms with E-state index in [1.807, 2.05) is 13.8 Å². The average molecular weight is 359 g/mol. The number of halogens is 1. The largest absolute Gasteiger partial charge is 0.341 e. The Balaban J connectivity index is 2.06. The maximum atomic E-state index is 12.6. The lowest BCUT2D eigenvalue weighted by atomic mass is 10.2. The Morgan fingerprint density at radius 1 is 1.17 bits per heavy atom. The first-order valence-electron chi connectivity index (χ1n) is 7.81. The zero-order valence-corrected chi connectivity index (χ0v) is 15.1. The van der Waals surface area contributed by atoms with Crippen molar-refractivity contribution in [1.82, 2.24) is 9.21 Å². The normalized spacial score (nSPS) is 17.3. The molecule has 1 saturated heterocycles. The maximum Gasteiger partial charge on any atom is 0.225 e. The van der Waals surface area contributed by atoms with Gasteiger partial charge < -0.3 is 4.90 Å². The van der Waals surface area contributed by atoms with E-state index in [0.717, 1.165) is 0 Å². The summed E-state index contributed by atoms with van der Waals surface area (Å²) in [7, 11) is -3.44.